The van der Waals surface area contributed by atoms with E-state index in [-0.39, 0.29) is 0 Å². The third-order valence-electron chi connectivity index (χ3n) is 4.77. The van der Waals surface area contributed by atoms with Gasteiger partial charge in [-0.3, -0.25) is 0 Å². The molecule has 2 atom stereocenters. The van der Waals surface area contributed by atoms with E-state index in [0.29, 0.717) is 5.41 Å². The number of hydrogen-bond donors (Lipinski definition) is 0. The van der Waals surface area contributed by atoms with Crippen molar-refractivity contribution < 1.29 is 4.74 Å². The second-order valence-electron chi connectivity index (χ2n) is 5.56. The number of rotatable bonds is 1. The molecule has 1 nitrogen and oxygen atoms in total. The van der Waals surface area contributed by atoms with Gasteiger partial charge in [0, 0.05) is 5.56 Å². The Kier molecular flexibility index (Phi) is 2.24. The summed E-state index contributed by atoms with van der Waals surface area (Å²) in [5, 5.41) is 0. The van der Waals surface area contributed by atoms with Gasteiger partial charge >= 0.3 is 0 Å². The molecule has 0 amide bonds. The summed E-state index contributed by atoms with van der Waals surface area (Å²) >= 11 is 0. The van der Waals surface area contributed by atoms with Gasteiger partial charge in [-0.15, -0.1) is 0 Å². The molecule has 0 aromatic heterocycles. The summed E-state index contributed by atoms with van der Waals surface area (Å²) in [6, 6.07) is 6.56. The highest BCUT2D eigenvalue weighted by Gasteiger charge is 2.45. The number of benzene rings is 1. The van der Waals surface area contributed by atoms with E-state index >= 15 is 0 Å². The molecular weight excluding hydrogens is 196 g/mol. The topological polar surface area (TPSA) is 9.23 Å². The van der Waals surface area contributed by atoms with Crippen LogP contribution in [0, 0.1) is 5.92 Å². The molecule has 1 saturated carbocycles. The zero-order valence-corrected chi connectivity index (χ0v) is 10.3. The molecule has 16 heavy (non-hydrogen) atoms. The predicted molar refractivity (Wildman–Crippen MR) is 66.0 cm³/mol. The lowest BCUT2D eigenvalue weighted by atomic mass is 9.67. The van der Waals surface area contributed by atoms with Gasteiger partial charge in [0.25, 0.3) is 0 Å². The van der Waals surface area contributed by atoms with Crippen molar-refractivity contribution in [1.29, 1.82) is 0 Å². The van der Waals surface area contributed by atoms with E-state index in [1.807, 2.05) is 0 Å². The Hall–Kier alpha value is -0.980. The van der Waals surface area contributed by atoms with E-state index in [0.717, 1.165) is 11.7 Å². The van der Waals surface area contributed by atoms with Crippen LogP contribution in [-0.4, -0.2) is 7.11 Å². The molecule has 1 heteroatoms. The molecule has 0 bridgehead atoms. The van der Waals surface area contributed by atoms with Crippen LogP contribution in [-0.2, 0) is 11.8 Å². The summed E-state index contributed by atoms with van der Waals surface area (Å²) in [6.07, 6.45) is 6.80. The van der Waals surface area contributed by atoms with Crippen LogP contribution in [0.5, 0.6) is 5.75 Å². The molecule has 0 saturated heterocycles. The molecule has 0 N–H and O–H groups in total. The molecular formula is C15H20O. The average molecular weight is 216 g/mol. The fraction of sp³-hybridized carbons (Fsp3) is 0.600. The van der Waals surface area contributed by atoms with Gasteiger partial charge < -0.3 is 4.74 Å². The lowest BCUT2D eigenvalue weighted by Gasteiger charge is -2.37. The lowest BCUT2D eigenvalue weighted by Crippen LogP contribution is -2.31. The molecule has 1 aromatic rings. The summed E-state index contributed by atoms with van der Waals surface area (Å²) < 4.78 is 5.57. The molecule has 0 heterocycles. The maximum absolute atomic E-state index is 5.57. The normalized spacial score (nSPS) is 32.0. The van der Waals surface area contributed by atoms with Crippen molar-refractivity contribution in [3.63, 3.8) is 0 Å². The van der Waals surface area contributed by atoms with E-state index < -0.39 is 0 Å². The quantitative estimate of drug-likeness (QED) is 0.695. The molecule has 2 unspecified atom stereocenters. The number of ether oxygens (including phenoxy) is 1. The highest BCUT2D eigenvalue weighted by molar-refractivity contribution is 5.50. The van der Waals surface area contributed by atoms with Gasteiger partial charge in [0.05, 0.1) is 7.11 Å². The molecule has 2 aliphatic carbocycles. The molecule has 1 aromatic carbocycles. The van der Waals surface area contributed by atoms with Gasteiger partial charge in [0.2, 0.25) is 0 Å². The van der Waals surface area contributed by atoms with Crippen molar-refractivity contribution in [2.75, 3.05) is 7.11 Å². The fourth-order valence-electron chi connectivity index (χ4n) is 3.89. The number of fused-ring (bicyclic) bond motifs is 3. The van der Waals surface area contributed by atoms with Crippen molar-refractivity contribution in [2.45, 2.75) is 44.4 Å². The van der Waals surface area contributed by atoms with Crippen LogP contribution in [0.15, 0.2) is 18.2 Å². The maximum atomic E-state index is 5.57. The molecule has 86 valence electrons. The van der Waals surface area contributed by atoms with Crippen LogP contribution < -0.4 is 4.74 Å². The lowest BCUT2D eigenvalue weighted by molar-refractivity contribution is 0.221. The summed E-state index contributed by atoms with van der Waals surface area (Å²) in [6.45, 7) is 2.45. The maximum Gasteiger partial charge on any atom is 0.122 e. The van der Waals surface area contributed by atoms with Gasteiger partial charge in [0.1, 0.15) is 5.75 Å². The standard InChI is InChI=1S/C15H20O/c1-15-9-4-3-7-12(15)10-11-6-5-8-13(16-2)14(11)15/h5-6,8,12H,3-4,7,9-10H2,1-2H3. The smallest absolute Gasteiger partial charge is 0.122 e. The minimum absolute atomic E-state index is 0.389. The third kappa shape index (κ3) is 1.24. The third-order valence-corrected chi connectivity index (χ3v) is 4.77. The Morgan fingerprint density at radius 2 is 2.19 bits per heavy atom. The van der Waals surface area contributed by atoms with Crippen molar-refractivity contribution in [3.8, 4) is 5.75 Å². The van der Waals surface area contributed by atoms with E-state index in [1.54, 1.807) is 7.11 Å². The van der Waals surface area contributed by atoms with E-state index in [9.17, 15) is 0 Å². The minimum atomic E-state index is 0.389. The Labute approximate surface area is 97.8 Å². The largest absolute Gasteiger partial charge is 0.496 e. The molecule has 2 aliphatic rings. The van der Waals surface area contributed by atoms with Gasteiger partial charge in [-0.1, -0.05) is 31.9 Å². The average Bonchev–Trinajstić information content (AvgIpc) is 2.62. The second kappa shape index (κ2) is 3.51. The van der Waals surface area contributed by atoms with Crippen LogP contribution in [0.2, 0.25) is 0 Å². The Morgan fingerprint density at radius 1 is 1.31 bits per heavy atom. The summed E-state index contributed by atoms with van der Waals surface area (Å²) in [5.41, 5.74) is 3.44. The van der Waals surface area contributed by atoms with Crippen LogP contribution in [0.4, 0.5) is 0 Å². The second-order valence-corrected chi connectivity index (χ2v) is 5.56. The molecule has 0 radical (unpaired) electrons. The highest BCUT2D eigenvalue weighted by Crippen LogP contribution is 2.54. The number of hydrogen-bond acceptors (Lipinski definition) is 1. The zero-order chi connectivity index (χ0) is 11.2. The first kappa shape index (κ1) is 10.2. The van der Waals surface area contributed by atoms with Gasteiger partial charge in [-0.05, 0) is 42.2 Å². The summed E-state index contributed by atoms with van der Waals surface area (Å²) in [4.78, 5) is 0. The Balaban J connectivity index is 2.14. The van der Waals surface area contributed by atoms with Crippen LogP contribution in [0.1, 0.15) is 43.7 Å². The Morgan fingerprint density at radius 3 is 3.00 bits per heavy atom. The predicted octanol–water partition coefficient (Wildman–Crippen LogP) is 3.70. The van der Waals surface area contributed by atoms with Crippen LogP contribution >= 0.6 is 0 Å². The first-order valence-corrected chi connectivity index (χ1v) is 6.42. The van der Waals surface area contributed by atoms with Gasteiger partial charge in [-0.25, -0.2) is 0 Å². The van der Waals surface area contributed by atoms with E-state index in [4.69, 9.17) is 4.74 Å². The fourth-order valence-corrected chi connectivity index (χ4v) is 3.89. The monoisotopic (exact) mass is 216 g/mol. The van der Waals surface area contributed by atoms with Crippen molar-refractivity contribution in [1.82, 2.24) is 0 Å². The van der Waals surface area contributed by atoms with Crippen molar-refractivity contribution in [2.24, 2.45) is 5.92 Å². The zero-order valence-electron chi connectivity index (χ0n) is 10.3. The molecule has 1 fully saturated rings. The molecule has 3 rings (SSSR count). The van der Waals surface area contributed by atoms with E-state index in [2.05, 4.69) is 25.1 Å². The number of methoxy groups -OCH3 is 1. The first-order chi connectivity index (χ1) is 7.75. The van der Waals surface area contributed by atoms with Crippen LogP contribution in [0.3, 0.4) is 0 Å². The van der Waals surface area contributed by atoms with Crippen LogP contribution in [0.25, 0.3) is 0 Å². The molecule has 0 spiro atoms. The SMILES string of the molecule is COc1cccc2c1C1(C)CCCCC1C2. The Bertz CT molecular complexity index is 410. The first-order valence-electron chi connectivity index (χ1n) is 6.42. The molecule has 0 aliphatic heterocycles. The highest BCUT2D eigenvalue weighted by atomic mass is 16.5. The van der Waals surface area contributed by atoms with E-state index in [1.165, 1.54) is 43.2 Å². The van der Waals surface area contributed by atoms with Gasteiger partial charge in [-0.2, -0.15) is 0 Å². The van der Waals surface area contributed by atoms with Crippen molar-refractivity contribution >= 4 is 0 Å². The van der Waals surface area contributed by atoms with Crippen molar-refractivity contribution in [3.05, 3.63) is 29.3 Å². The van der Waals surface area contributed by atoms with Gasteiger partial charge in [0.15, 0.2) is 0 Å². The minimum Gasteiger partial charge on any atom is -0.496 e. The summed E-state index contributed by atoms with van der Waals surface area (Å²) in [7, 11) is 1.80. The summed E-state index contributed by atoms with van der Waals surface area (Å²) in [5.74, 6) is 1.97.